The van der Waals surface area contributed by atoms with Gasteiger partial charge in [-0.2, -0.15) is 0 Å². The lowest BCUT2D eigenvalue weighted by atomic mass is 10.0. The molecule has 122 valence electrons. The number of aromatic nitrogens is 1. The molecule has 4 rings (SSSR count). The molecule has 5 nitrogen and oxygen atoms in total. The van der Waals surface area contributed by atoms with Crippen LogP contribution in [-0.4, -0.2) is 32.5 Å². The van der Waals surface area contributed by atoms with Crippen LogP contribution in [0.4, 0.5) is 0 Å². The molecule has 0 fully saturated rings. The Bertz CT molecular complexity index is 930. The van der Waals surface area contributed by atoms with Crippen LogP contribution in [0.15, 0.2) is 42.5 Å². The van der Waals surface area contributed by atoms with Crippen molar-refractivity contribution in [2.45, 2.75) is 19.4 Å². The molecule has 0 atom stereocenters. The Hall–Kier alpha value is -2.95. The van der Waals surface area contributed by atoms with Gasteiger partial charge in [0, 0.05) is 23.1 Å². The molecule has 0 saturated carbocycles. The van der Waals surface area contributed by atoms with Crippen LogP contribution >= 0.6 is 0 Å². The first kappa shape index (κ1) is 14.6. The number of aromatic amines is 1. The fraction of sp³-hybridized carbons (Fsp3) is 0.211. The predicted molar refractivity (Wildman–Crippen MR) is 90.9 cm³/mol. The Balaban J connectivity index is 1.53. The number of nitrogens with zero attached hydrogens (tertiary/aromatic N) is 1. The molecule has 0 spiro atoms. The first-order valence-corrected chi connectivity index (χ1v) is 7.99. The summed E-state index contributed by atoms with van der Waals surface area (Å²) in [6, 6.07) is 12.7. The summed E-state index contributed by atoms with van der Waals surface area (Å²) in [5, 5.41) is 20.1. The zero-order valence-electron chi connectivity index (χ0n) is 13.1. The molecule has 3 N–H and O–H groups in total. The maximum Gasteiger partial charge on any atom is 0.227 e. The van der Waals surface area contributed by atoms with Crippen molar-refractivity contribution in [1.29, 1.82) is 0 Å². The minimum atomic E-state index is -0.197. The Morgan fingerprint density at radius 2 is 1.96 bits per heavy atom. The monoisotopic (exact) mass is 322 g/mol. The molecular weight excluding hydrogens is 304 g/mol. The fourth-order valence-corrected chi connectivity index (χ4v) is 3.37. The molecule has 3 aromatic rings. The van der Waals surface area contributed by atoms with Gasteiger partial charge in [-0.3, -0.25) is 4.79 Å². The van der Waals surface area contributed by atoms with Gasteiger partial charge in [0.15, 0.2) is 11.5 Å². The maximum atomic E-state index is 12.6. The molecule has 0 saturated heterocycles. The normalized spacial score (nSPS) is 13.9. The summed E-state index contributed by atoms with van der Waals surface area (Å²) in [5.41, 5.74) is 4.21. The number of fused-ring (bicyclic) bond motifs is 3. The number of rotatable bonds is 2. The molecule has 1 aliphatic rings. The smallest absolute Gasteiger partial charge is 0.227 e. The largest absolute Gasteiger partial charge is 0.504 e. The van der Waals surface area contributed by atoms with Gasteiger partial charge in [0.25, 0.3) is 0 Å². The number of H-pyrrole nitrogens is 1. The van der Waals surface area contributed by atoms with Crippen molar-refractivity contribution >= 4 is 16.8 Å². The highest BCUT2D eigenvalue weighted by molar-refractivity contribution is 5.86. The molecular formula is C19H18N2O3. The topological polar surface area (TPSA) is 76.6 Å². The minimum absolute atomic E-state index is 0.0180. The second-order valence-electron chi connectivity index (χ2n) is 6.19. The molecule has 5 heteroatoms. The number of aromatic hydroxyl groups is 2. The van der Waals surface area contributed by atoms with Crippen LogP contribution in [0.3, 0.4) is 0 Å². The van der Waals surface area contributed by atoms with Crippen LogP contribution in [-0.2, 0) is 24.2 Å². The van der Waals surface area contributed by atoms with Crippen molar-refractivity contribution in [3.63, 3.8) is 0 Å². The average Bonchev–Trinajstić information content (AvgIpc) is 2.96. The molecule has 1 aromatic heterocycles. The fourth-order valence-electron chi connectivity index (χ4n) is 3.37. The number of para-hydroxylation sites is 1. The highest BCUT2D eigenvalue weighted by Gasteiger charge is 2.23. The summed E-state index contributed by atoms with van der Waals surface area (Å²) in [6.07, 6.45) is 1.05. The third-order valence-electron chi connectivity index (χ3n) is 4.63. The Kier molecular flexibility index (Phi) is 3.41. The lowest BCUT2D eigenvalue weighted by Gasteiger charge is -2.27. The second kappa shape index (κ2) is 5.60. The van der Waals surface area contributed by atoms with E-state index in [4.69, 9.17) is 0 Å². The summed E-state index contributed by atoms with van der Waals surface area (Å²) in [4.78, 5) is 17.8. The highest BCUT2D eigenvalue weighted by atomic mass is 16.3. The van der Waals surface area contributed by atoms with Crippen LogP contribution in [0, 0.1) is 0 Å². The molecule has 24 heavy (non-hydrogen) atoms. The van der Waals surface area contributed by atoms with Gasteiger partial charge in [0.2, 0.25) is 5.91 Å². The van der Waals surface area contributed by atoms with E-state index in [0.717, 1.165) is 17.6 Å². The van der Waals surface area contributed by atoms with Gasteiger partial charge in [-0.15, -0.1) is 0 Å². The van der Waals surface area contributed by atoms with Gasteiger partial charge in [0.05, 0.1) is 13.0 Å². The van der Waals surface area contributed by atoms with E-state index in [-0.39, 0.29) is 23.8 Å². The third kappa shape index (κ3) is 2.48. The lowest BCUT2D eigenvalue weighted by Crippen LogP contribution is -2.36. The first-order valence-electron chi connectivity index (χ1n) is 7.99. The molecule has 0 unspecified atom stereocenters. The van der Waals surface area contributed by atoms with E-state index in [9.17, 15) is 15.0 Å². The summed E-state index contributed by atoms with van der Waals surface area (Å²) in [5.74, 6) is -0.354. The molecule has 0 aliphatic carbocycles. The van der Waals surface area contributed by atoms with Crippen molar-refractivity contribution in [2.24, 2.45) is 0 Å². The van der Waals surface area contributed by atoms with Crippen molar-refractivity contribution < 1.29 is 15.0 Å². The molecule has 1 aliphatic heterocycles. The van der Waals surface area contributed by atoms with Crippen molar-refractivity contribution in [1.82, 2.24) is 9.88 Å². The molecule has 0 radical (unpaired) electrons. The SMILES string of the molecule is O=C(Cc1ccc(O)c(O)c1)N1CCc2c([nH]c3ccccc23)C1. The van der Waals surface area contributed by atoms with Crippen molar-refractivity contribution in [3.8, 4) is 11.5 Å². The summed E-state index contributed by atoms with van der Waals surface area (Å²) in [6.45, 7) is 1.27. The Morgan fingerprint density at radius 3 is 2.79 bits per heavy atom. The molecule has 2 aromatic carbocycles. The Morgan fingerprint density at radius 1 is 1.12 bits per heavy atom. The van der Waals surface area contributed by atoms with E-state index in [1.54, 1.807) is 6.07 Å². The van der Waals surface area contributed by atoms with Gasteiger partial charge in [-0.05, 0) is 35.7 Å². The van der Waals surface area contributed by atoms with Gasteiger partial charge >= 0.3 is 0 Å². The van der Waals surface area contributed by atoms with E-state index in [1.165, 1.54) is 23.1 Å². The third-order valence-corrected chi connectivity index (χ3v) is 4.63. The number of phenols is 2. The van der Waals surface area contributed by atoms with Crippen LogP contribution in [0.25, 0.3) is 10.9 Å². The average molecular weight is 322 g/mol. The first-order chi connectivity index (χ1) is 11.6. The van der Waals surface area contributed by atoms with Crippen LogP contribution < -0.4 is 0 Å². The van der Waals surface area contributed by atoms with Crippen LogP contribution in [0.5, 0.6) is 11.5 Å². The summed E-state index contributed by atoms with van der Waals surface area (Å²) < 4.78 is 0. The molecule has 1 amide bonds. The van der Waals surface area contributed by atoms with E-state index in [0.29, 0.717) is 18.7 Å². The van der Waals surface area contributed by atoms with E-state index in [2.05, 4.69) is 17.1 Å². The number of hydrogen-bond donors (Lipinski definition) is 3. The second-order valence-corrected chi connectivity index (χ2v) is 6.19. The van der Waals surface area contributed by atoms with Crippen LogP contribution in [0.2, 0.25) is 0 Å². The number of phenolic OH excluding ortho intramolecular Hbond substituents is 2. The number of hydrogen-bond acceptors (Lipinski definition) is 3. The number of benzene rings is 2. The summed E-state index contributed by atoms with van der Waals surface area (Å²) >= 11 is 0. The van der Waals surface area contributed by atoms with Gasteiger partial charge in [-0.1, -0.05) is 24.3 Å². The molecule has 2 heterocycles. The number of nitrogens with one attached hydrogen (secondary N) is 1. The number of carbonyl (C=O) groups is 1. The van der Waals surface area contributed by atoms with E-state index < -0.39 is 0 Å². The standard InChI is InChI=1S/C19H18N2O3/c22-17-6-5-12(9-18(17)23)10-19(24)21-8-7-14-13-3-1-2-4-15(13)20-16(14)11-21/h1-6,9,20,22-23H,7-8,10-11H2. The highest BCUT2D eigenvalue weighted by Crippen LogP contribution is 2.28. The quantitative estimate of drug-likeness (QED) is 0.635. The lowest BCUT2D eigenvalue weighted by molar-refractivity contribution is -0.131. The van der Waals surface area contributed by atoms with Gasteiger partial charge < -0.3 is 20.1 Å². The zero-order valence-corrected chi connectivity index (χ0v) is 13.1. The number of amides is 1. The van der Waals surface area contributed by atoms with Gasteiger partial charge in [0.1, 0.15) is 0 Å². The zero-order chi connectivity index (χ0) is 16.7. The van der Waals surface area contributed by atoms with E-state index in [1.807, 2.05) is 17.0 Å². The Labute approximate surface area is 139 Å². The summed E-state index contributed by atoms with van der Waals surface area (Å²) in [7, 11) is 0. The predicted octanol–water partition coefficient (Wildman–Crippen LogP) is 2.71. The van der Waals surface area contributed by atoms with Crippen LogP contribution in [0.1, 0.15) is 16.8 Å². The van der Waals surface area contributed by atoms with Crippen molar-refractivity contribution in [3.05, 3.63) is 59.3 Å². The maximum absolute atomic E-state index is 12.6. The molecule has 0 bridgehead atoms. The van der Waals surface area contributed by atoms with E-state index >= 15 is 0 Å². The minimum Gasteiger partial charge on any atom is -0.504 e. The van der Waals surface area contributed by atoms with Gasteiger partial charge in [-0.25, -0.2) is 0 Å². The van der Waals surface area contributed by atoms with Crippen molar-refractivity contribution in [2.75, 3.05) is 6.54 Å². The number of carbonyl (C=O) groups excluding carboxylic acids is 1.